The van der Waals surface area contributed by atoms with Gasteiger partial charge in [-0.1, -0.05) is 13.8 Å². The molecule has 2 fully saturated rings. The van der Waals surface area contributed by atoms with Gasteiger partial charge in [-0.25, -0.2) is 0 Å². The fraction of sp³-hybridized carbons (Fsp3) is 1.00. The fourth-order valence-electron chi connectivity index (χ4n) is 3.00. The van der Waals surface area contributed by atoms with E-state index < -0.39 is 0 Å². The average molecular weight is 167 g/mol. The van der Waals surface area contributed by atoms with E-state index in [1.54, 1.807) is 0 Å². The molecular formula is C11H21N. The minimum atomic E-state index is 0.904. The van der Waals surface area contributed by atoms with E-state index in [0.29, 0.717) is 0 Å². The lowest BCUT2D eigenvalue weighted by Crippen LogP contribution is -2.41. The Balaban J connectivity index is 2.02. The molecule has 3 atom stereocenters. The van der Waals surface area contributed by atoms with E-state index in [0.717, 1.165) is 23.9 Å². The number of piperidine rings is 1. The minimum Gasteiger partial charge on any atom is -0.300 e. The Hall–Kier alpha value is -0.0400. The van der Waals surface area contributed by atoms with Gasteiger partial charge in [-0.15, -0.1) is 0 Å². The van der Waals surface area contributed by atoms with Crippen LogP contribution < -0.4 is 0 Å². The first-order chi connectivity index (χ1) is 5.68. The molecular weight excluding hydrogens is 146 g/mol. The summed E-state index contributed by atoms with van der Waals surface area (Å²) >= 11 is 0. The predicted molar refractivity (Wildman–Crippen MR) is 52.1 cm³/mol. The van der Waals surface area contributed by atoms with E-state index in [4.69, 9.17) is 0 Å². The van der Waals surface area contributed by atoms with Gasteiger partial charge in [-0.3, -0.25) is 0 Å². The Bertz CT molecular complexity index is 150. The van der Waals surface area contributed by atoms with E-state index in [9.17, 15) is 0 Å². The molecule has 0 aliphatic carbocycles. The molecule has 2 bridgehead atoms. The highest BCUT2D eigenvalue weighted by molar-refractivity contribution is 4.93. The summed E-state index contributed by atoms with van der Waals surface area (Å²) in [6.07, 6.45) is 5.85. The average Bonchev–Trinajstić information content (AvgIpc) is 2.30. The Morgan fingerprint density at radius 1 is 1.08 bits per heavy atom. The van der Waals surface area contributed by atoms with Crippen molar-refractivity contribution in [3.63, 3.8) is 0 Å². The van der Waals surface area contributed by atoms with Crippen LogP contribution in [-0.4, -0.2) is 24.0 Å². The van der Waals surface area contributed by atoms with Crippen molar-refractivity contribution in [1.82, 2.24) is 4.90 Å². The second kappa shape index (κ2) is 3.02. The molecule has 1 heteroatoms. The molecule has 0 spiro atoms. The molecule has 1 nitrogen and oxygen atoms in total. The summed E-state index contributed by atoms with van der Waals surface area (Å²) in [4.78, 5) is 2.62. The van der Waals surface area contributed by atoms with Crippen molar-refractivity contribution in [1.29, 1.82) is 0 Å². The van der Waals surface area contributed by atoms with Crippen molar-refractivity contribution in [2.24, 2.45) is 11.8 Å². The molecule has 2 saturated heterocycles. The summed E-state index contributed by atoms with van der Waals surface area (Å²) in [6, 6.07) is 1.85. The van der Waals surface area contributed by atoms with E-state index >= 15 is 0 Å². The fourth-order valence-corrected chi connectivity index (χ4v) is 3.00. The molecule has 0 amide bonds. The molecule has 12 heavy (non-hydrogen) atoms. The maximum atomic E-state index is 2.62. The van der Waals surface area contributed by atoms with Crippen LogP contribution >= 0.6 is 0 Å². The summed E-state index contributed by atoms with van der Waals surface area (Å²) in [5, 5.41) is 0. The van der Waals surface area contributed by atoms with Crippen molar-refractivity contribution in [3.8, 4) is 0 Å². The topological polar surface area (TPSA) is 3.24 Å². The van der Waals surface area contributed by atoms with E-state index in [1.165, 1.54) is 25.7 Å². The maximum Gasteiger partial charge on any atom is 0.00984 e. The standard InChI is InChI=1S/C11H21N/c1-8(2)9-6-10-4-5-11(7-9)12(10)3/h8-11H,4-7H2,1-3H3/t9?,10-,11?/m0/s1. The molecule has 0 aromatic carbocycles. The van der Waals surface area contributed by atoms with Crippen molar-refractivity contribution >= 4 is 0 Å². The van der Waals surface area contributed by atoms with Crippen molar-refractivity contribution < 1.29 is 0 Å². The van der Waals surface area contributed by atoms with Gasteiger partial charge in [0.1, 0.15) is 0 Å². The first kappa shape index (κ1) is 8.55. The highest BCUT2D eigenvalue weighted by Crippen LogP contribution is 2.39. The molecule has 2 heterocycles. The SMILES string of the molecule is CC(C)C1CC2CC[C@@H](C1)N2C. The first-order valence-corrected chi connectivity index (χ1v) is 5.40. The second-order valence-corrected chi connectivity index (χ2v) is 5.03. The molecule has 0 saturated carbocycles. The normalized spacial score (nSPS) is 42.5. The van der Waals surface area contributed by atoms with E-state index in [1.807, 2.05) is 0 Å². The van der Waals surface area contributed by atoms with Gasteiger partial charge >= 0.3 is 0 Å². The second-order valence-electron chi connectivity index (χ2n) is 5.03. The maximum absolute atomic E-state index is 2.62. The molecule has 2 aliphatic heterocycles. The molecule has 2 unspecified atom stereocenters. The van der Waals surface area contributed by atoms with Gasteiger partial charge in [-0.05, 0) is 44.6 Å². The van der Waals surface area contributed by atoms with Crippen LogP contribution in [0.2, 0.25) is 0 Å². The van der Waals surface area contributed by atoms with Crippen LogP contribution in [0.15, 0.2) is 0 Å². The molecule has 0 N–H and O–H groups in total. The highest BCUT2D eigenvalue weighted by Gasteiger charge is 2.38. The molecule has 0 aromatic rings. The van der Waals surface area contributed by atoms with Crippen LogP contribution in [0, 0.1) is 11.8 Å². The number of fused-ring (bicyclic) bond motifs is 2. The van der Waals surface area contributed by atoms with Crippen molar-refractivity contribution in [2.45, 2.75) is 51.6 Å². The number of nitrogens with zero attached hydrogens (tertiary/aromatic N) is 1. The van der Waals surface area contributed by atoms with Gasteiger partial charge in [0.15, 0.2) is 0 Å². The zero-order valence-electron chi connectivity index (χ0n) is 8.59. The molecule has 2 rings (SSSR count). The minimum absolute atomic E-state index is 0.904. The van der Waals surface area contributed by atoms with Gasteiger partial charge in [-0.2, -0.15) is 0 Å². The van der Waals surface area contributed by atoms with Gasteiger partial charge < -0.3 is 4.90 Å². The van der Waals surface area contributed by atoms with Gasteiger partial charge in [0.25, 0.3) is 0 Å². The lowest BCUT2D eigenvalue weighted by molar-refractivity contribution is 0.111. The third-order valence-corrected chi connectivity index (χ3v) is 4.08. The Morgan fingerprint density at radius 2 is 1.58 bits per heavy atom. The summed E-state index contributed by atoms with van der Waals surface area (Å²) in [6.45, 7) is 4.77. The van der Waals surface area contributed by atoms with Crippen LogP contribution in [0.5, 0.6) is 0 Å². The Labute approximate surface area is 76.1 Å². The molecule has 0 radical (unpaired) electrons. The summed E-state index contributed by atoms with van der Waals surface area (Å²) in [5.74, 6) is 1.92. The van der Waals surface area contributed by atoms with Crippen LogP contribution in [0.3, 0.4) is 0 Å². The lowest BCUT2D eigenvalue weighted by atomic mass is 9.83. The Morgan fingerprint density at radius 3 is 2.00 bits per heavy atom. The van der Waals surface area contributed by atoms with Crippen LogP contribution in [0.25, 0.3) is 0 Å². The van der Waals surface area contributed by atoms with E-state index in [2.05, 4.69) is 25.8 Å². The smallest absolute Gasteiger partial charge is 0.00984 e. The highest BCUT2D eigenvalue weighted by atomic mass is 15.2. The third-order valence-electron chi connectivity index (χ3n) is 4.08. The third kappa shape index (κ3) is 1.28. The van der Waals surface area contributed by atoms with Crippen LogP contribution in [0.1, 0.15) is 39.5 Å². The molecule has 2 aliphatic rings. The number of hydrogen-bond acceptors (Lipinski definition) is 1. The van der Waals surface area contributed by atoms with Crippen LogP contribution in [-0.2, 0) is 0 Å². The molecule has 0 aromatic heterocycles. The van der Waals surface area contributed by atoms with Crippen molar-refractivity contribution in [3.05, 3.63) is 0 Å². The summed E-state index contributed by atoms with van der Waals surface area (Å²) in [5.41, 5.74) is 0. The van der Waals surface area contributed by atoms with E-state index in [-0.39, 0.29) is 0 Å². The first-order valence-electron chi connectivity index (χ1n) is 5.40. The van der Waals surface area contributed by atoms with Gasteiger partial charge in [0.2, 0.25) is 0 Å². The monoisotopic (exact) mass is 167 g/mol. The largest absolute Gasteiger partial charge is 0.300 e. The quantitative estimate of drug-likeness (QED) is 0.580. The predicted octanol–water partition coefficient (Wildman–Crippen LogP) is 2.52. The summed E-state index contributed by atoms with van der Waals surface area (Å²) in [7, 11) is 2.32. The molecule has 70 valence electrons. The van der Waals surface area contributed by atoms with Crippen LogP contribution in [0.4, 0.5) is 0 Å². The zero-order valence-corrected chi connectivity index (χ0v) is 8.59. The summed E-state index contributed by atoms with van der Waals surface area (Å²) < 4.78 is 0. The Kier molecular flexibility index (Phi) is 2.16. The van der Waals surface area contributed by atoms with Crippen molar-refractivity contribution in [2.75, 3.05) is 7.05 Å². The van der Waals surface area contributed by atoms with Gasteiger partial charge in [0.05, 0.1) is 0 Å². The number of hydrogen-bond donors (Lipinski definition) is 0. The zero-order chi connectivity index (χ0) is 8.72. The lowest BCUT2D eigenvalue weighted by Gasteiger charge is -2.38. The van der Waals surface area contributed by atoms with Gasteiger partial charge in [0, 0.05) is 12.1 Å². The number of rotatable bonds is 1.